The van der Waals surface area contributed by atoms with E-state index in [1.54, 1.807) is 4.90 Å². The molecule has 0 N–H and O–H groups in total. The van der Waals surface area contributed by atoms with Gasteiger partial charge in [0.05, 0.1) is 15.5 Å². The second kappa shape index (κ2) is 7.26. The van der Waals surface area contributed by atoms with Gasteiger partial charge in [-0.3, -0.25) is 4.79 Å². The number of carbonyl (C=O) groups excluding carboxylic acids is 1. The minimum Gasteiger partial charge on any atom is -0.334 e. The van der Waals surface area contributed by atoms with Crippen LogP contribution in [0.2, 0.25) is 5.02 Å². The van der Waals surface area contributed by atoms with E-state index in [1.165, 1.54) is 28.1 Å². The molecule has 2 heterocycles. The van der Waals surface area contributed by atoms with Gasteiger partial charge in [0.15, 0.2) is 0 Å². The molecule has 0 unspecified atom stereocenters. The fraction of sp³-hybridized carbons (Fsp3) is 0.350. The third-order valence-corrected chi connectivity index (χ3v) is 7.51. The van der Waals surface area contributed by atoms with Crippen molar-refractivity contribution in [2.75, 3.05) is 19.6 Å². The first-order chi connectivity index (χ1) is 13.0. The van der Waals surface area contributed by atoms with Crippen molar-refractivity contribution in [2.45, 2.75) is 30.7 Å². The summed E-state index contributed by atoms with van der Waals surface area (Å²) in [6.07, 6.45) is 2.52. The molecule has 0 bridgehead atoms. The highest BCUT2D eigenvalue weighted by atomic mass is 35.5. The van der Waals surface area contributed by atoms with Gasteiger partial charge >= 0.3 is 0 Å². The van der Waals surface area contributed by atoms with Crippen LogP contribution in [0.15, 0.2) is 47.4 Å². The summed E-state index contributed by atoms with van der Waals surface area (Å²) in [7, 11) is -3.59. The predicted molar refractivity (Wildman–Crippen MR) is 104 cm³/mol. The van der Waals surface area contributed by atoms with Crippen molar-refractivity contribution in [1.82, 2.24) is 9.21 Å². The maximum Gasteiger partial charge on any atom is 0.255 e. The topological polar surface area (TPSA) is 57.7 Å². The molecule has 0 aliphatic carbocycles. The van der Waals surface area contributed by atoms with Gasteiger partial charge in [-0.15, -0.1) is 0 Å². The van der Waals surface area contributed by atoms with Crippen LogP contribution >= 0.6 is 11.6 Å². The van der Waals surface area contributed by atoms with Gasteiger partial charge in [-0.2, -0.15) is 4.31 Å². The fourth-order valence-electron chi connectivity index (χ4n) is 3.75. The molecule has 0 aromatic heterocycles. The minimum atomic E-state index is -3.59. The van der Waals surface area contributed by atoms with E-state index in [0.29, 0.717) is 26.2 Å². The van der Waals surface area contributed by atoms with Gasteiger partial charge in [-0.25, -0.2) is 8.42 Å². The molecule has 2 aliphatic heterocycles. The molecule has 1 amide bonds. The highest BCUT2D eigenvalue weighted by molar-refractivity contribution is 7.89. The summed E-state index contributed by atoms with van der Waals surface area (Å²) in [6, 6.07) is 12.5. The number of benzene rings is 2. The van der Waals surface area contributed by atoms with Gasteiger partial charge in [0.25, 0.3) is 5.91 Å². The summed E-state index contributed by atoms with van der Waals surface area (Å²) in [5, 5.41) is 0.277. The molecule has 1 saturated heterocycles. The van der Waals surface area contributed by atoms with E-state index in [1.807, 2.05) is 18.2 Å². The van der Waals surface area contributed by atoms with E-state index in [-0.39, 0.29) is 21.4 Å². The molecular weight excluding hydrogens is 384 g/mol. The molecule has 2 aliphatic rings. The molecule has 7 heteroatoms. The molecule has 27 heavy (non-hydrogen) atoms. The highest BCUT2D eigenvalue weighted by Gasteiger charge is 2.29. The molecule has 1 fully saturated rings. The van der Waals surface area contributed by atoms with Crippen molar-refractivity contribution in [3.05, 3.63) is 64.2 Å². The lowest BCUT2D eigenvalue weighted by Crippen LogP contribution is -2.36. The van der Waals surface area contributed by atoms with E-state index >= 15 is 0 Å². The van der Waals surface area contributed by atoms with Crippen LogP contribution in [0.25, 0.3) is 0 Å². The number of hydrogen-bond acceptors (Lipinski definition) is 3. The smallest absolute Gasteiger partial charge is 0.255 e. The Bertz CT molecular complexity index is 984. The predicted octanol–water partition coefficient (Wildman–Crippen LogP) is 3.32. The van der Waals surface area contributed by atoms with E-state index in [0.717, 1.165) is 24.8 Å². The number of hydrogen-bond donors (Lipinski definition) is 0. The Labute approximate surface area is 164 Å². The summed E-state index contributed by atoms with van der Waals surface area (Å²) in [5.41, 5.74) is 2.61. The van der Waals surface area contributed by atoms with Gasteiger partial charge in [-0.1, -0.05) is 35.9 Å². The highest BCUT2D eigenvalue weighted by Crippen LogP contribution is 2.28. The monoisotopic (exact) mass is 404 g/mol. The summed E-state index contributed by atoms with van der Waals surface area (Å²) in [5.74, 6) is -0.229. The van der Waals surface area contributed by atoms with Gasteiger partial charge in [0.1, 0.15) is 0 Å². The second-order valence-electron chi connectivity index (χ2n) is 7.00. The van der Waals surface area contributed by atoms with Gasteiger partial charge in [0.2, 0.25) is 10.0 Å². The summed E-state index contributed by atoms with van der Waals surface area (Å²) < 4.78 is 27.1. The standard InChI is InChI=1S/C20H21ClN2O3S/c21-19-8-7-17(27(25,26)23-10-3-4-11-23)13-18(19)20(24)22-12-9-15-5-1-2-6-16(15)14-22/h1-2,5-8,13H,3-4,9-12,14H2. The first kappa shape index (κ1) is 18.5. The first-order valence-corrected chi connectivity index (χ1v) is 10.9. The molecule has 4 rings (SSSR count). The second-order valence-corrected chi connectivity index (χ2v) is 9.34. The molecular formula is C20H21ClN2O3S. The minimum absolute atomic E-state index is 0.134. The normalized spacial score (nSPS) is 17.7. The van der Waals surface area contributed by atoms with Crippen LogP contribution < -0.4 is 0 Å². The number of fused-ring (bicyclic) bond motifs is 1. The zero-order chi connectivity index (χ0) is 19.0. The Balaban J connectivity index is 1.63. The maximum atomic E-state index is 13.1. The SMILES string of the molecule is O=C(c1cc(S(=O)(=O)N2CCCC2)ccc1Cl)N1CCc2ccccc2C1. The molecule has 2 aromatic carbocycles. The number of rotatable bonds is 3. The van der Waals surface area contributed by atoms with Crippen LogP contribution in [0, 0.1) is 0 Å². The molecule has 5 nitrogen and oxygen atoms in total. The average Bonchev–Trinajstić information content (AvgIpc) is 3.23. The summed E-state index contributed by atoms with van der Waals surface area (Å²) in [6.45, 7) is 2.15. The number of carbonyl (C=O) groups is 1. The van der Waals surface area contributed by atoms with E-state index < -0.39 is 10.0 Å². The van der Waals surface area contributed by atoms with Crippen LogP contribution in [-0.2, 0) is 23.0 Å². The third-order valence-electron chi connectivity index (χ3n) is 5.29. The Hall–Kier alpha value is -1.89. The Morgan fingerprint density at radius 1 is 0.963 bits per heavy atom. The van der Waals surface area contributed by atoms with E-state index in [2.05, 4.69) is 6.07 Å². The maximum absolute atomic E-state index is 13.1. The Morgan fingerprint density at radius 2 is 1.67 bits per heavy atom. The van der Waals surface area contributed by atoms with Crippen molar-refractivity contribution in [3.63, 3.8) is 0 Å². The molecule has 0 atom stereocenters. The van der Waals surface area contributed by atoms with Crippen LogP contribution in [0.5, 0.6) is 0 Å². The first-order valence-electron chi connectivity index (χ1n) is 9.12. The average molecular weight is 405 g/mol. The quantitative estimate of drug-likeness (QED) is 0.788. The Kier molecular flexibility index (Phi) is 4.97. The van der Waals surface area contributed by atoms with Crippen molar-refractivity contribution in [3.8, 4) is 0 Å². The lowest BCUT2D eigenvalue weighted by atomic mass is 9.99. The molecule has 0 saturated carbocycles. The number of sulfonamides is 1. The van der Waals surface area contributed by atoms with E-state index in [9.17, 15) is 13.2 Å². The zero-order valence-corrected chi connectivity index (χ0v) is 16.5. The van der Waals surface area contributed by atoms with E-state index in [4.69, 9.17) is 11.6 Å². The third kappa shape index (κ3) is 3.49. The van der Waals surface area contributed by atoms with Crippen molar-refractivity contribution < 1.29 is 13.2 Å². The van der Waals surface area contributed by atoms with Gasteiger partial charge in [-0.05, 0) is 48.6 Å². The Morgan fingerprint density at radius 3 is 2.41 bits per heavy atom. The van der Waals surface area contributed by atoms with Crippen molar-refractivity contribution >= 4 is 27.5 Å². The molecule has 142 valence electrons. The molecule has 0 radical (unpaired) electrons. The number of nitrogens with zero attached hydrogens (tertiary/aromatic N) is 2. The molecule has 2 aromatic rings. The van der Waals surface area contributed by atoms with Crippen LogP contribution in [0.4, 0.5) is 0 Å². The fourth-order valence-corrected chi connectivity index (χ4v) is 5.49. The lowest BCUT2D eigenvalue weighted by molar-refractivity contribution is 0.0734. The zero-order valence-electron chi connectivity index (χ0n) is 14.9. The summed E-state index contributed by atoms with van der Waals surface area (Å²) >= 11 is 6.26. The van der Waals surface area contributed by atoms with Crippen molar-refractivity contribution in [1.29, 1.82) is 0 Å². The molecule has 0 spiro atoms. The largest absolute Gasteiger partial charge is 0.334 e. The lowest BCUT2D eigenvalue weighted by Gasteiger charge is -2.29. The summed E-state index contributed by atoms with van der Waals surface area (Å²) in [4.78, 5) is 14.9. The van der Waals surface area contributed by atoms with Gasteiger partial charge in [0, 0.05) is 26.2 Å². The van der Waals surface area contributed by atoms with Crippen LogP contribution in [-0.4, -0.2) is 43.2 Å². The van der Waals surface area contributed by atoms with Crippen LogP contribution in [0.1, 0.15) is 34.3 Å². The number of halogens is 1. The number of amides is 1. The van der Waals surface area contributed by atoms with Crippen molar-refractivity contribution in [2.24, 2.45) is 0 Å². The van der Waals surface area contributed by atoms with Gasteiger partial charge < -0.3 is 4.90 Å². The van der Waals surface area contributed by atoms with Crippen LogP contribution in [0.3, 0.4) is 0 Å².